The van der Waals surface area contributed by atoms with E-state index in [-0.39, 0.29) is 6.04 Å². The molecular weight excluding hydrogens is 486 g/mol. The van der Waals surface area contributed by atoms with Crippen molar-refractivity contribution in [2.75, 3.05) is 33.7 Å². The van der Waals surface area contributed by atoms with Gasteiger partial charge in [0, 0.05) is 29.6 Å². The highest BCUT2D eigenvalue weighted by Crippen LogP contribution is 2.30. The van der Waals surface area contributed by atoms with Crippen LogP contribution in [0.15, 0.2) is 22.7 Å². The normalized spacial score (nSPS) is 24.4. The van der Waals surface area contributed by atoms with E-state index in [1.165, 1.54) is 48.8 Å². The average molecular weight is 521 g/mol. The SMILES string of the molecule is CN(C)S(=O)(=O)N[C@H]1CC[C@@H](CCN2CCC(Cc3cc(Cl)ccc3Br)CC2)CC1. The van der Waals surface area contributed by atoms with Crippen molar-refractivity contribution in [3.05, 3.63) is 33.3 Å². The maximum Gasteiger partial charge on any atom is 0.279 e. The van der Waals surface area contributed by atoms with E-state index < -0.39 is 10.2 Å². The maximum absolute atomic E-state index is 12.0. The van der Waals surface area contributed by atoms with Gasteiger partial charge < -0.3 is 4.90 Å². The third-order valence-corrected chi connectivity index (χ3v) is 9.32. The highest BCUT2D eigenvalue weighted by molar-refractivity contribution is 9.10. The van der Waals surface area contributed by atoms with Crippen molar-refractivity contribution in [1.29, 1.82) is 0 Å². The molecule has 0 radical (unpaired) electrons. The fourth-order valence-corrected chi connectivity index (χ4v) is 6.15. The van der Waals surface area contributed by atoms with Gasteiger partial charge in [0.05, 0.1) is 0 Å². The van der Waals surface area contributed by atoms with Gasteiger partial charge in [0.2, 0.25) is 0 Å². The molecule has 3 rings (SSSR count). The number of nitrogens with zero attached hydrogens (tertiary/aromatic N) is 2. The topological polar surface area (TPSA) is 52.7 Å². The third kappa shape index (κ3) is 7.17. The molecule has 2 aliphatic rings. The van der Waals surface area contributed by atoms with Crippen molar-refractivity contribution < 1.29 is 8.42 Å². The minimum Gasteiger partial charge on any atom is -0.303 e. The summed E-state index contributed by atoms with van der Waals surface area (Å²) in [5.74, 6) is 1.46. The first-order valence-electron chi connectivity index (χ1n) is 11.1. The Morgan fingerprint density at radius 2 is 1.77 bits per heavy atom. The molecule has 30 heavy (non-hydrogen) atoms. The zero-order valence-corrected chi connectivity index (χ0v) is 21.3. The lowest BCUT2D eigenvalue weighted by atomic mass is 9.84. The van der Waals surface area contributed by atoms with Crippen molar-refractivity contribution in [3.8, 4) is 0 Å². The number of piperidine rings is 1. The van der Waals surface area contributed by atoms with Crippen LogP contribution in [0, 0.1) is 11.8 Å². The van der Waals surface area contributed by atoms with Crippen LogP contribution in [0.25, 0.3) is 0 Å². The van der Waals surface area contributed by atoms with Crippen molar-refractivity contribution in [3.63, 3.8) is 0 Å². The predicted octanol–water partition coefficient (Wildman–Crippen LogP) is 4.70. The molecule has 0 amide bonds. The number of hydrogen-bond acceptors (Lipinski definition) is 3. The molecule has 0 aromatic heterocycles. The van der Waals surface area contributed by atoms with Gasteiger partial charge in [-0.05, 0) is 107 Å². The van der Waals surface area contributed by atoms with Crippen LogP contribution >= 0.6 is 27.5 Å². The second-order valence-corrected chi connectivity index (χ2v) is 12.3. The molecule has 170 valence electrons. The van der Waals surface area contributed by atoms with Gasteiger partial charge in [-0.3, -0.25) is 0 Å². The molecule has 1 saturated carbocycles. The van der Waals surface area contributed by atoms with Crippen molar-refractivity contribution in [1.82, 2.24) is 13.9 Å². The Bertz CT molecular complexity index is 790. The van der Waals surface area contributed by atoms with Crippen LogP contribution < -0.4 is 4.72 Å². The molecular formula is C22H35BrClN3O2S. The van der Waals surface area contributed by atoms with Crippen molar-refractivity contribution >= 4 is 37.7 Å². The average Bonchev–Trinajstić information content (AvgIpc) is 2.71. The van der Waals surface area contributed by atoms with Gasteiger partial charge in [0.1, 0.15) is 0 Å². The Labute approximate surface area is 195 Å². The zero-order valence-electron chi connectivity index (χ0n) is 18.1. The van der Waals surface area contributed by atoms with Gasteiger partial charge in [-0.15, -0.1) is 0 Å². The number of halogens is 2. The van der Waals surface area contributed by atoms with Gasteiger partial charge in [-0.2, -0.15) is 17.4 Å². The highest BCUT2D eigenvalue weighted by atomic mass is 79.9. The summed E-state index contributed by atoms with van der Waals surface area (Å²) in [6.07, 6.45) is 8.98. The summed E-state index contributed by atoms with van der Waals surface area (Å²) in [6, 6.07) is 6.16. The minimum absolute atomic E-state index is 0.0928. The first-order valence-corrected chi connectivity index (χ1v) is 13.7. The van der Waals surface area contributed by atoms with Gasteiger partial charge in [0.25, 0.3) is 10.2 Å². The molecule has 0 atom stereocenters. The Hall–Kier alpha value is -0.180. The van der Waals surface area contributed by atoms with E-state index in [2.05, 4.69) is 31.6 Å². The summed E-state index contributed by atoms with van der Waals surface area (Å²) < 4.78 is 29.2. The lowest BCUT2D eigenvalue weighted by Gasteiger charge is -2.34. The van der Waals surface area contributed by atoms with E-state index in [0.29, 0.717) is 0 Å². The molecule has 0 spiro atoms. The second kappa shape index (κ2) is 11.1. The first-order chi connectivity index (χ1) is 14.2. The molecule has 8 heteroatoms. The molecule has 1 aromatic rings. The fourth-order valence-electron chi connectivity index (χ4n) is 4.68. The van der Waals surface area contributed by atoms with Gasteiger partial charge in [-0.25, -0.2) is 0 Å². The Balaban J connectivity index is 1.34. The van der Waals surface area contributed by atoms with Crippen LogP contribution in [0.2, 0.25) is 5.02 Å². The van der Waals surface area contributed by atoms with Crippen molar-refractivity contribution in [2.45, 2.75) is 57.4 Å². The van der Waals surface area contributed by atoms with E-state index >= 15 is 0 Å². The molecule has 1 heterocycles. The molecule has 0 unspecified atom stereocenters. The van der Waals surface area contributed by atoms with Crippen LogP contribution in [0.3, 0.4) is 0 Å². The summed E-state index contributed by atoms with van der Waals surface area (Å²) >= 11 is 9.82. The van der Waals surface area contributed by atoms with E-state index in [0.717, 1.165) is 53.4 Å². The standard InChI is InChI=1S/C22H35BrClN3O2S/c1-26(2)30(28,29)25-21-6-3-17(4-7-21)9-12-27-13-10-18(11-14-27)15-19-16-20(24)5-8-22(19)23/h5,8,16-18,21,25H,3-4,6-7,9-15H2,1-2H3/t17-,21+. The summed E-state index contributed by atoms with van der Waals surface area (Å²) in [5, 5.41) is 0.815. The maximum atomic E-state index is 12.0. The second-order valence-electron chi connectivity index (χ2n) is 9.14. The number of rotatable bonds is 8. The molecule has 1 aliphatic heterocycles. The lowest BCUT2D eigenvalue weighted by Crippen LogP contribution is -2.43. The fraction of sp³-hybridized carbons (Fsp3) is 0.727. The summed E-state index contributed by atoms with van der Waals surface area (Å²) in [6.45, 7) is 3.54. The number of nitrogens with one attached hydrogen (secondary N) is 1. The quantitative estimate of drug-likeness (QED) is 0.540. The molecule has 1 N–H and O–H groups in total. The number of benzene rings is 1. The molecule has 1 aliphatic carbocycles. The third-order valence-electron chi connectivity index (χ3n) is 6.72. The van der Waals surface area contributed by atoms with Gasteiger partial charge in [0.15, 0.2) is 0 Å². The molecule has 0 bridgehead atoms. The number of likely N-dealkylation sites (tertiary alicyclic amines) is 1. The van der Waals surface area contributed by atoms with E-state index in [4.69, 9.17) is 11.6 Å². The molecule has 2 fully saturated rings. The van der Waals surface area contributed by atoms with Crippen molar-refractivity contribution in [2.24, 2.45) is 11.8 Å². The molecule has 5 nitrogen and oxygen atoms in total. The summed E-state index contributed by atoms with van der Waals surface area (Å²) in [7, 11) is -0.164. The van der Waals surface area contributed by atoms with Crippen LogP contribution in [-0.4, -0.2) is 57.4 Å². The van der Waals surface area contributed by atoms with E-state index in [1.54, 1.807) is 14.1 Å². The Kier molecular flexibility index (Phi) is 9.05. The van der Waals surface area contributed by atoms with Crippen LogP contribution in [0.1, 0.15) is 50.5 Å². The van der Waals surface area contributed by atoms with Crippen LogP contribution in [0.5, 0.6) is 0 Å². The summed E-state index contributed by atoms with van der Waals surface area (Å²) in [4.78, 5) is 2.62. The minimum atomic E-state index is -3.31. The Morgan fingerprint density at radius 1 is 1.10 bits per heavy atom. The monoisotopic (exact) mass is 519 g/mol. The largest absolute Gasteiger partial charge is 0.303 e. The van der Waals surface area contributed by atoms with Gasteiger partial charge >= 0.3 is 0 Å². The van der Waals surface area contributed by atoms with E-state index in [9.17, 15) is 8.42 Å². The first kappa shape index (κ1) is 24.5. The highest BCUT2D eigenvalue weighted by Gasteiger charge is 2.27. The smallest absolute Gasteiger partial charge is 0.279 e. The van der Waals surface area contributed by atoms with Crippen LogP contribution in [-0.2, 0) is 16.6 Å². The number of hydrogen-bond donors (Lipinski definition) is 1. The predicted molar refractivity (Wildman–Crippen MR) is 128 cm³/mol. The zero-order chi connectivity index (χ0) is 21.7. The van der Waals surface area contributed by atoms with E-state index in [1.807, 2.05) is 12.1 Å². The molecule has 1 saturated heterocycles. The van der Waals surface area contributed by atoms with Crippen LogP contribution in [0.4, 0.5) is 0 Å². The molecule has 1 aromatic carbocycles. The summed E-state index contributed by atoms with van der Waals surface area (Å²) in [5.41, 5.74) is 1.32. The Morgan fingerprint density at radius 3 is 2.40 bits per heavy atom. The lowest BCUT2D eigenvalue weighted by molar-refractivity contribution is 0.164. The van der Waals surface area contributed by atoms with Gasteiger partial charge in [-0.1, -0.05) is 27.5 Å².